The zero-order chi connectivity index (χ0) is 15.4. The van der Waals surface area contributed by atoms with Gasteiger partial charge < -0.3 is 4.74 Å². The molecule has 0 fully saturated rings. The van der Waals surface area contributed by atoms with E-state index in [4.69, 9.17) is 4.74 Å². The Balaban J connectivity index is 2.97. The number of carbonyl (C=O) groups is 1. The molecule has 1 aromatic heterocycles. The van der Waals surface area contributed by atoms with Crippen LogP contribution in [0.5, 0.6) is 0 Å². The Morgan fingerprint density at radius 1 is 1.35 bits per heavy atom. The lowest BCUT2D eigenvalue weighted by Gasteiger charge is -2.24. The topological polar surface area (TPSA) is 56.2 Å². The molecule has 2 atom stereocenters. The molecule has 0 saturated heterocycles. The maximum atomic E-state index is 11.8. The first-order valence-electron chi connectivity index (χ1n) is 7.21. The van der Waals surface area contributed by atoms with Crippen molar-refractivity contribution in [1.29, 1.82) is 0 Å². The molecule has 20 heavy (non-hydrogen) atoms. The Kier molecular flexibility index (Phi) is 5.74. The summed E-state index contributed by atoms with van der Waals surface area (Å²) in [7, 11) is 1.43. The van der Waals surface area contributed by atoms with E-state index in [1.165, 1.54) is 12.7 Å². The van der Waals surface area contributed by atoms with Crippen molar-refractivity contribution in [1.82, 2.24) is 15.1 Å². The fraction of sp³-hybridized carbons (Fsp3) is 0.733. The number of aromatic nitrogens is 2. The number of nitrogens with zero attached hydrogens (tertiary/aromatic N) is 2. The zero-order valence-corrected chi connectivity index (χ0v) is 13.7. The number of hydrogen-bond acceptors (Lipinski definition) is 4. The molecule has 0 amide bonds. The quantitative estimate of drug-likeness (QED) is 0.813. The van der Waals surface area contributed by atoms with Crippen molar-refractivity contribution in [2.45, 2.75) is 60.2 Å². The Morgan fingerprint density at radius 2 is 1.95 bits per heavy atom. The van der Waals surface area contributed by atoms with Crippen LogP contribution in [0.1, 0.15) is 50.7 Å². The number of esters is 1. The van der Waals surface area contributed by atoms with Gasteiger partial charge in [0.05, 0.1) is 12.8 Å². The van der Waals surface area contributed by atoms with Gasteiger partial charge in [-0.05, 0) is 33.6 Å². The summed E-state index contributed by atoms with van der Waals surface area (Å²) in [5.74, 6) is -0.0447. The second kappa shape index (κ2) is 6.88. The van der Waals surface area contributed by atoms with E-state index in [1.807, 2.05) is 25.5 Å². The minimum absolute atomic E-state index is 0.0572. The first-order valence-corrected chi connectivity index (χ1v) is 7.21. The van der Waals surface area contributed by atoms with Gasteiger partial charge in [-0.2, -0.15) is 5.10 Å². The van der Waals surface area contributed by atoms with Gasteiger partial charge in [0.25, 0.3) is 0 Å². The molecule has 0 aliphatic rings. The predicted octanol–water partition coefficient (Wildman–Crippen LogP) is 2.37. The average Bonchev–Trinajstić information content (AvgIpc) is 2.69. The van der Waals surface area contributed by atoms with E-state index in [1.54, 1.807) is 0 Å². The van der Waals surface area contributed by atoms with Gasteiger partial charge in [-0.1, -0.05) is 13.8 Å². The average molecular weight is 281 g/mol. The Labute approximate surface area is 121 Å². The summed E-state index contributed by atoms with van der Waals surface area (Å²) in [6.45, 7) is 13.1. The normalized spacial score (nSPS) is 14.4. The van der Waals surface area contributed by atoms with E-state index < -0.39 is 0 Å². The molecule has 5 nitrogen and oxygen atoms in total. The van der Waals surface area contributed by atoms with Crippen molar-refractivity contribution in [3.05, 3.63) is 17.0 Å². The maximum absolute atomic E-state index is 11.8. The van der Waals surface area contributed by atoms with Gasteiger partial charge in [0, 0.05) is 23.8 Å². The molecule has 0 saturated carbocycles. The van der Waals surface area contributed by atoms with Gasteiger partial charge in [0.1, 0.15) is 6.04 Å². The molecular formula is C15H27N3O2. The van der Waals surface area contributed by atoms with Crippen LogP contribution in [0.25, 0.3) is 0 Å². The predicted molar refractivity (Wildman–Crippen MR) is 79.6 cm³/mol. The smallest absolute Gasteiger partial charge is 0.323 e. The lowest BCUT2D eigenvalue weighted by Crippen LogP contribution is -2.43. The summed E-state index contributed by atoms with van der Waals surface area (Å²) in [4.78, 5) is 11.8. The standard InChI is InChI=1S/C15H27N3O2/c1-8-18-12(6)13(11(5)17-18)10(4)16-14(9(2)3)15(19)20-7/h9-10,14,16H,8H2,1-7H3. The second-order valence-electron chi connectivity index (χ2n) is 5.53. The van der Waals surface area contributed by atoms with Crippen molar-refractivity contribution in [3.63, 3.8) is 0 Å². The summed E-state index contributed by atoms with van der Waals surface area (Å²) >= 11 is 0. The maximum Gasteiger partial charge on any atom is 0.323 e. The summed E-state index contributed by atoms with van der Waals surface area (Å²) in [6.07, 6.45) is 0. The number of carbonyl (C=O) groups excluding carboxylic acids is 1. The lowest BCUT2D eigenvalue weighted by atomic mass is 10.0. The SMILES string of the molecule is CCn1nc(C)c(C(C)NC(C(=O)OC)C(C)C)c1C. The van der Waals surface area contributed by atoms with E-state index in [0.717, 1.165) is 17.9 Å². The molecule has 1 aromatic rings. The van der Waals surface area contributed by atoms with Crippen LogP contribution in [0, 0.1) is 19.8 Å². The van der Waals surface area contributed by atoms with Crippen LogP contribution in [-0.2, 0) is 16.1 Å². The minimum atomic E-state index is -0.307. The van der Waals surface area contributed by atoms with Gasteiger partial charge in [-0.25, -0.2) is 0 Å². The highest BCUT2D eigenvalue weighted by atomic mass is 16.5. The summed E-state index contributed by atoms with van der Waals surface area (Å²) in [5.41, 5.74) is 3.33. The molecule has 0 bridgehead atoms. The number of nitrogens with one attached hydrogen (secondary N) is 1. The fourth-order valence-corrected chi connectivity index (χ4v) is 2.66. The lowest BCUT2D eigenvalue weighted by molar-refractivity contribution is -0.144. The van der Waals surface area contributed by atoms with Crippen molar-refractivity contribution in [3.8, 4) is 0 Å². The largest absolute Gasteiger partial charge is 0.468 e. The van der Waals surface area contributed by atoms with E-state index >= 15 is 0 Å². The van der Waals surface area contributed by atoms with E-state index in [2.05, 4.69) is 31.2 Å². The molecule has 2 unspecified atom stereocenters. The third-order valence-electron chi connectivity index (χ3n) is 3.72. The monoisotopic (exact) mass is 281 g/mol. The van der Waals surface area contributed by atoms with Gasteiger partial charge in [-0.3, -0.25) is 14.8 Å². The molecule has 1 rings (SSSR count). The van der Waals surface area contributed by atoms with Gasteiger partial charge >= 0.3 is 5.97 Å². The highest BCUT2D eigenvalue weighted by Gasteiger charge is 2.27. The van der Waals surface area contributed by atoms with Crippen molar-refractivity contribution in [2.75, 3.05) is 7.11 Å². The Bertz CT molecular complexity index is 466. The van der Waals surface area contributed by atoms with Crippen LogP contribution in [0.2, 0.25) is 0 Å². The zero-order valence-electron chi connectivity index (χ0n) is 13.7. The van der Waals surface area contributed by atoms with Gasteiger partial charge in [0.2, 0.25) is 0 Å². The molecule has 0 spiro atoms. The van der Waals surface area contributed by atoms with Crippen molar-refractivity contribution < 1.29 is 9.53 Å². The third kappa shape index (κ3) is 3.39. The summed E-state index contributed by atoms with van der Waals surface area (Å²) < 4.78 is 6.87. The number of hydrogen-bond donors (Lipinski definition) is 1. The minimum Gasteiger partial charge on any atom is -0.468 e. The van der Waals surface area contributed by atoms with Crippen LogP contribution in [0.15, 0.2) is 0 Å². The first kappa shape index (κ1) is 16.7. The molecule has 0 aromatic carbocycles. The van der Waals surface area contributed by atoms with Crippen molar-refractivity contribution >= 4 is 5.97 Å². The summed E-state index contributed by atoms with van der Waals surface area (Å²) in [5, 5.41) is 7.90. The van der Waals surface area contributed by atoms with Crippen LogP contribution in [0.4, 0.5) is 0 Å². The number of aryl methyl sites for hydroxylation is 2. The molecule has 5 heteroatoms. The van der Waals surface area contributed by atoms with E-state index in [0.29, 0.717) is 0 Å². The first-order chi connectivity index (χ1) is 9.33. The van der Waals surface area contributed by atoms with Crippen LogP contribution < -0.4 is 5.32 Å². The molecular weight excluding hydrogens is 254 g/mol. The highest BCUT2D eigenvalue weighted by Crippen LogP contribution is 2.23. The molecule has 0 radical (unpaired) electrons. The Hall–Kier alpha value is -1.36. The molecule has 0 aliphatic heterocycles. The second-order valence-corrected chi connectivity index (χ2v) is 5.53. The summed E-state index contributed by atoms with van der Waals surface area (Å²) in [6, 6.07) is -0.249. The Morgan fingerprint density at radius 3 is 2.35 bits per heavy atom. The van der Waals surface area contributed by atoms with Gasteiger partial charge in [0.15, 0.2) is 0 Å². The van der Waals surface area contributed by atoms with Crippen LogP contribution >= 0.6 is 0 Å². The molecule has 1 N–H and O–H groups in total. The highest BCUT2D eigenvalue weighted by molar-refractivity contribution is 5.76. The molecule has 114 valence electrons. The molecule has 1 heterocycles. The number of ether oxygens (including phenoxy) is 1. The fourth-order valence-electron chi connectivity index (χ4n) is 2.66. The van der Waals surface area contributed by atoms with Gasteiger partial charge in [-0.15, -0.1) is 0 Å². The van der Waals surface area contributed by atoms with Crippen LogP contribution in [0.3, 0.4) is 0 Å². The number of rotatable bonds is 6. The van der Waals surface area contributed by atoms with Crippen LogP contribution in [-0.4, -0.2) is 28.9 Å². The van der Waals surface area contributed by atoms with E-state index in [9.17, 15) is 4.79 Å². The molecule has 0 aliphatic carbocycles. The van der Waals surface area contributed by atoms with Crippen molar-refractivity contribution in [2.24, 2.45) is 5.92 Å². The van der Waals surface area contributed by atoms with E-state index in [-0.39, 0.29) is 24.0 Å². The third-order valence-corrected chi connectivity index (χ3v) is 3.72. The number of methoxy groups -OCH3 is 1.